The van der Waals surface area contributed by atoms with Gasteiger partial charge >= 0.3 is 5.97 Å². The third kappa shape index (κ3) is 1.83. The number of hydrogen-bond acceptors (Lipinski definition) is 5. The van der Waals surface area contributed by atoms with Crippen molar-refractivity contribution in [3.63, 3.8) is 0 Å². The average molecular weight is 256 g/mol. The van der Waals surface area contributed by atoms with Gasteiger partial charge in [-0.2, -0.15) is 0 Å². The summed E-state index contributed by atoms with van der Waals surface area (Å²) < 4.78 is 28.0. The van der Waals surface area contributed by atoms with Crippen molar-refractivity contribution < 1.29 is 23.1 Å². The number of methoxy groups -OCH3 is 1. The van der Waals surface area contributed by atoms with Gasteiger partial charge in [0.05, 0.1) is 29.4 Å². The van der Waals surface area contributed by atoms with Gasteiger partial charge in [-0.1, -0.05) is 6.07 Å². The normalized spacial score (nSPS) is 21.0. The number of rotatable bonds is 1. The lowest BCUT2D eigenvalue weighted by Crippen LogP contribution is -2.06. The number of carbonyl (C=O) groups excluding carboxylic acids is 1. The zero-order chi connectivity index (χ0) is 12.8. The van der Waals surface area contributed by atoms with Gasteiger partial charge in [0.15, 0.2) is 9.84 Å². The first kappa shape index (κ1) is 12.1. The lowest BCUT2D eigenvalue weighted by molar-refractivity contribution is 0.0599. The van der Waals surface area contributed by atoms with E-state index in [1.165, 1.54) is 19.2 Å². The molecule has 2 rings (SSSR count). The van der Waals surface area contributed by atoms with E-state index < -0.39 is 21.9 Å². The van der Waals surface area contributed by atoms with Crippen LogP contribution in [0, 0.1) is 6.92 Å². The Labute approximate surface area is 98.9 Å². The Bertz CT molecular complexity index is 588. The predicted octanol–water partition coefficient (Wildman–Crippen LogP) is 0.602. The molecule has 0 saturated carbocycles. The molecular weight excluding hydrogens is 244 g/mol. The maximum absolute atomic E-state index is 11.7. The van der Waals surface area contributed by atoms with Crippen molar-refractivity contribution in [2.75, 3.05) is 12.9 Å². The summed E-state index contributed by atoms with van der Waals surface area (Å²) in [7, 11) is -2.26. The van der Waals surface area contributed by atoms with Crippen LogP contribution in [0.25, 0.3) is 0 Å². The monoisotopic (exact) mass is 256 g/mol. The third-order valence-corrected chi connectivity index (χ3v) is 4.61. The van der Waals surface area contributed by atoms with Crippen molar-refractivity contribution in [1.82, 2.24) is 0 Å². The maximum Gasteiger partial charge on any atom is 0.338 e. The molecule has 0 amide bonds. The van der Waals surface area contributed by atoms with E-state index in [2.05, 4.69) is 4.74 Å². The van der Waals surface area contributed by atoms with E-state index in [0.29, 0.717) is 11.1 Å². The quantitative estimate of drug-likeness (QED) is 0.744. The topological polar surface area (TPSA) is 80.7 Å². The lowest BCUT2D eigenvalue weighted by atomic mass is 10.0. The van der Waals surface area contributed by atoms with Crippen molar-refractivity contribution in [1.29, 1.82) is 0 Å². The Kier molecular flexibility index (Phi) is 2.71. The second kappa shape index (κ2) is 3.82. The van der Waals surface area contributed by atoms with E-state index in [1.807, 2.05) is 0 Å². The Morgan fingerprint density at radius 3 is 2.71 bits per heavy atom. The highest BCUT2D eigenvalue weighted by Crippen LogP contribution is 2.35. The lowest BCUT2D eigenvalue weighted by Gasteiger charge is -2.07. The van der Waals surface area contributed by atoms with Gasteiger partial charge in [-0.05, 0) is 18.6 Å². The second-order valence-corrected chi connectivity index (χ2v) is 6.00. The van der Waals surface area contributed by atoms with Crippen LogP contribution in [0.2, 0.25) is 0 Å². The summed E-state index contributed by atoms with van der Waals surface area (Å²) in [6, 6.07) is 2.80. The molecule has 1 aromatic carbocycles. The Morgan fingerprint density at radius 1 is 1.47 bits per heavy atom. The number of aliphatic hydroxyl groups excluding tert-OH is 1. The molecular formula is C11H12O5S. The number of hydrogen-bond donors (Lipinski definition) is 1. The SMILES string of the molecule is COC(=O)c1cc2c(cc1C)C(O)CS2(=O)=O. The summed E-state index contributed by atoms with van der Waals surface area (Å²) in [4.78, 5) is 11.5. The molecule has 1 unspecified atom stereocenters. The summed E-state index contributed by atoms with van der Waals surface area (Å²) in [6.45, 7) is 1.67. The van der Waals surface area contributed by atoms with Crippen LogP contribution in [0.1, 0.15) is 27.6 Å². The molecule has 0 aromatic heterocycles. The van der Waals surface area contributed by atoms with Gasteiger partial charge in [-0.15, -0.1) is 0 Å². The fraction of sp³-hybridized carbons (Fsp3) is 0.364. The minimum atomic E-state index is -3.49. The van der Waals surface area contributed by atoms with Gasteiger partial charge in [0.1, 0.15) is 0 Å². The van der Waals surface area contributed by atoms with E-state index in [1.54, 1.807) is 6.92 Å². The molecule has 5 nitrogen and oxygen atoms in total. The van der Waals surface area contributed by atoms with Crippen molar-refractivity contribution in [2.24, 2.45) is 0 Å². The maximum atomic E-state index is 11.7. The van der Waals surface area contributed by atoms with Crippen molar-refractivity contribution in [3.05, 3.63) is 28.8 Å². The van der Waals surface area contributed by atoms with Crippen molar-refractivity contribution in [2.45, 2.75) is 17.9 Å². The van der Waals surface area contributed by atoms with Crippen LogP contribution in [0.15, 0.2) is 17.0 Å². The van der Waals surface area contributed by atoms with Gasteiger partial charge in [0.2, 0.25) is 0 Å². The van der Waals surface area contributed by atoms with Crippen LogP contribution in [0.3, 0.4) is 0 Å². The number of benzene rings is 1. The van der Waals surface area contributed by atoms with E-state index in [9.17, 15) is 18.3 Å². The molecule has 0 fully saturated rings. The summed E-state index contributed by atoms with van der Waals surface area (Å²) in [5.41, 5.74) is 1.16. The molecule has 1 aromatic rings. The molecule has 0 spiro atoms. The minimum Gasteiger partial charge on any atom is -0.465 e. The first-order chi connectivity index (χ1) is 7.86. The van der Waals surface area contributed by atoms with Gasteiger partial charge < -0.3 is 9.84 Å². The Hall–Kier alpha value is -1.40. The highest BCUT2D eigenvalue weighted by atomic mass is 32.2. The third-order valence-electron chi connectivity index (χ3n) is 2.83. The molecule has 1 aliphatic heterocycles. The van der Waals surface area contributed by atoms with E-state index >= 15 is 0 Å². The van der Waals surface area contributed by atoms with Crippen LogP contribution in [0.5, 0.6) is 0 Å². The molecule has 17 heavy (non-hydrogen) atoms. The zero-order valence-electron chi connectivity index (χ0n) is 9.43. The molecule has 1 aliphatic rings. The van der Waals surface area contributed by atoms with Crippen molar-refractivity contribution in [3.8, 4) is 0 Å². The molecule has 0 bridgehead atoms. The first-order valence-electron chi connectivity index (χ1n) is 5.00. The molecule has 1 heterocycles. The van der Waals surface area contributed by atoms with E-state index in [4.69, 9.17) is 0 Å². The van der Waals surface area contributed by atoms with Gasteiger partial charge in [-0.25, -0.2) is 13.2 Å². The van der Waals surface area contributed by atoms with Gasteiger partial charge in [0, 0.05) is 5.56 Å². The average Bonchev–Trinajstić information content (AvgIpc) is 2.47. The summed E-state index contributed by atoms with van der Waals surface area (Å²) >= 11 is 0. The van der Waals surface area contributed by atoms with E-state index in [0.717, 1.165) is 0 Å². The highest BCUT2D eigenvalue weighted by Gasteiger charge is 2.34. The molecule has 92 valence electrons. The van der Waals surface area contributed by atoms with Crippen LogP contribution < -0.4 is 0 Å². The smallest absolute Gasteiger partial charge is 0.338 e. The number of aliphatic hydroxyl groups is 1. The molecule has 0 saturated heterocycles. The highest BCUT2D eigenvalue weighted by molar-refractivity contribution is 7.91. The Balaban J connectivity index is 2.69. The number of fused-ring (bicyclic) bond motifs is 1. The number of ether oxygens (including phenoxy) is 1. The van der Waals surface area contributed by atoms with Crippen LogP contribution in [0.4, 0.5) is 0 Å². The predicted molar refractivity (Wildman–Crippen MR) is 59.5 cm³/mol. The second-order valence-electron chi connectivity index (χ2n) is 3.99. The number of carbonyl (C=O) groups is 1. The van der Waals surface area contributed by atoms with Crippen LogP contribution >= 0.6 is 0 Å². The summed E-state index contributed by atoms with van der Waals surface area (Å²) in [5.74, 6) is -0.909. The van der Waals surface area contributed by atoms with Crippen LogP contribution in [-0.2, 0) is 14.6 Å². The molecule has 6 heteroatoms. The fourth-order valence-corrected chi connectivity index (χ4v) is 3.58. The van der Waals surface area contributed by atoms with Crippen LogP contribution in [-0.4, -0.2) is 32.4 Å². The molecule has 0 aliphatic carbocycles. The summed E-state index contributed by atoms with van der Waals surface area (Å²) in [5, 5.41) is 9.63. The number of esters is 1. The molecule has 1 atom stereocenters. The van der Waals surface area contributed by atoms with Crippen molar-refractivity contribution >= 4 is 15.8 Å². The van der Waals surface area contributed by atoms with Gasteiger partial charge in [0.25, 0.3) is 0 Å². The standard InChI is InChI=1S/C11H12O5S/c1-6-3-8-9(12)5-17(14,15)10(8)4-7(6)11(13)16-2/h3-4,9,12H,5H2,1-2H3. The number of sulfone groups is 1. The minimum absolute atomic E-state index is 0.0241. The molecule has 0 radical (unpaired) electrons. The molecule has 1 N–H and O–H groups in total. The number of aryl methyl sites for hydroxylation is 1. The largest absolute Gasteiger partial charge is 0.465 e. The first-order valence-corrected chi connectivity index (χ1v) is 6.65. The Morgan fingerprint density at radius 2 is 2.12 bits per heavy atom. The van der Waals surface area contributed by atoms with Gasteiger partial charge in [-0.3, -0.25) is 0 Å². The fourth-order valence-electron chi connectivity index (χ4n) is 1.96. The zero-order valence-corrected chi connectivity index (χ0v) is 10.2. The van der Waals surface area contributed by atoms with E-state index in [-0.39, 0.29) is 16.2 Å². The summed E-state index contributed by atoms with van der Waals surface area (Å²) in [6.07, 6.45) is -1.01.